The minimum Gasteiger partial charge on any atom is -0.309 e. The lowest BCUT2D eigenvalue weighted by Crippen LogP contribution is -2.25. The molecule has 66 heavy (non-hydrogen) atoms. The van der Waals surface area contributed by atoms with Crippen molar-refractivity contribution in [2.45, 2.75) is 101 Å². The Bertz CT molecular complexity index is 2690. The third-order valence-corrected chi connectivity index (χ3v) is 12.5. The van der Waals surface area contributed by atoms with E-state index in [1.807, 2.05) is 57.2 Å². The van der Waals surface area contributed by atoms with Crippen molar-refractivity contribution in [3.05, 3.63) is 240 Å². The Morgan fingerprint density at radius 1 is 0.591 bits per heavy atom. The topological polar surface area (TPSA) is 3.24 Å². The third kappa shape index (κ3) is 11.4. The molecule has 1 heteroatoms. The zero-order valence-corrected chi connectivity index (χ0v) is 42.1. The summed E-state index contributed by atoms with van der Waals surface area (Å²) in [4.78, 5) is 2.35. The minimum absolute atomic E-state index is 0.101. The average molecular weight is 870 g/mol. The van der Waals surface area contributed by atoms with Crippen LogP contribution >= 0.6 is 0 Å². The van der Waals surface area contributed by atoms with E-state index in [0.29, 0.717) is 0 Å². The number of benzene rings is 6. The van der Waals surface area contributed by atoms with Crippen LogP contribution in [0.4, 0.5) is 11.4 Å². The van der Waals surface area contributed by atoms with E-state index in [0.717, 1.165) is 47.5 Å². The molecule has 0 saturated carbocycles. The van der Waals surface area contributed by atoms with Gasteiger partial charge >= 0.3 is 0 Å². The Hall–Kier alpha value is -6.70. The van der Waals surface area contributed by atoms with E-state index < -0.39 is 0 Å². The van der Waals surface area contributed by atoms with Gasteiger partial charge in [0, 0.05) is 22.2 Å². The van der Waals surface area contributed by atoms with E-state index in [9.17, 15) is 0 Å². The van der Waals surface area contributed by atoms with Crippen molar-refractivity contribution in [3.8, 4) is 33.4 Å². The number of hydrogen-bond acceptors (Lipinski definition) is 1. The number of nitrogens with zero attached hydrogens (tertiary/aromatic N) is 1. The van der Waals surface area contributed by atoms with Crippen molar-refractivity contribution in [3.63, 3.8) is 0 Å². The van der Waals surface area contributed by atoms with Crippen molar-refractivity contribution in [2.75, 3.05) is 4.90 Å². The van der Waals surface area contributed by atoms with Gasteiger partial charge in [0.1, 0.15) is 0 Å². The van der Waals surface area contributed by atoms with Crippen LogP contribution in [0.15, 0.2) is 195 Å². The third-order valence-electron chi connectivity index (χ3n) is 12.5. The van der Waals surface area contributed by atoms with E-state index in [-0.39, 0.29) is 5.41 Å². The van der Waals surface area contributed by atoms with Gasteiger partial charge in [0.05, 0.1) is 11.4 Å². The summed E-state index contributed by atoms with van der Waals surface area (Å²) in [5.74, 6) is 0. The molecule has 0 spiro atoms. The van der Waals surface area contributed by atoms with Gasteiger partial charge in [-0.25, -0.2) is 0 Å². The van der Waals surface area contributed by atoms with Gasteiger partial charge < -0.3 is 4.90 Å². The highest BCUT2D eigenvalue weighted by Gasteiger charge is 2.43. The van der Waals surface area contributed by atoms with Crippen LogP contribution in [-0.2, 0) is 5.41 Å². The number of rotatable bonds is 13. The van der Waals surface area contributed by atoms with Crippen LogP contribution in [0.2, 0.25) is 0 Å². The molecule has 1 aliphatic carbocycles. The SMILES string of the molecule is C/C=C\C(C)=C/CC.C=C/C=C(\C=C)N(c1cc2c(c(C=C)c1C=C)-c1ccc(C)cc1C2(CC)CC)c1cccc(C)c1-c1ccccc1C.CC.Cc1cccc(-c2ccccc2)c1. The van der Waals surface area contributed by atoms with Gasteiger partial charge in [0.15, 0.2) is 0 Å². The highest BCUT2D eigenvalue weighted by Crippen LogP contribution is 2.57. The van der Waals surface area contributed by atoms with Crippen LogP contribution < -0.4 is 4.90 Å². The highest BCUT2D eigenvalue weighted by atomic mass is 15.2. The molecule has 6 aromatic rings. The average Bonchev–Trinajstić information content (AvgIpc) is 3.61. The number of fused-ring (bicyclic) bond motifs is 3. The second kappa shape index (κ2) is 25.1. The zero-order chi connectivity index (χ0) is 48.4. The van der Waals surface area contributed by atoms with Gasteiger partial charge in [-0.3, -0.25) is 0 Å². The lowest BCUT2D eigenvalue weighted by Gasteiger charge is -2.35. The maximum atomic E-state index is 4.36. The molecule has 6 aromatic carbocycles. The van der Waals surface area contributed by atoms with Gasteiger partial charge in [0.25, 0.3) is 0 Å². The first kappa shape index (κ1) is 51.9. The molecule has 340 valence electrons. The lowest BCUT2D eigenvalue weighted by atomic mass is 9.73. The molecule has 0 radical (unpaired) electrons. The molecular formula is C65H75N. The zero-order valence-electron chi connectivity index (χ0n) is 42.1. The Balaban J connectivity index is 0.000000337. The fourth-order valence-electron chi connectivity index (χ4n) is 9.33. The molecule has 0 aromatic heterocycles. The summed E-state index contributed by atoms with van der Waals surface area (Å²) >= 11 is 0. The van der Waals surface area contributed by atoms with Crippen molar-refractivity contribution < 1.29 is 0 Å². The van der Waals surface area contributed by atoms with Crippen LogP contribution in [0, 0.1) is 27.7 Å². The van der Waals surface area contributed by atoms with E-state index in [1.165, 1.54) is 72.3 Å². The fourth-order valence-corrected chi connectivity index (χ4v) is 9.33. The Morgan fingerprint density at radius 2 is 1.21 bits per heavy atom. The molecule has 0 saturated heterocycles. The molecule has 1 nitrogen and oxygen atoms in total. The maximum Gasteiger partial charge on any atom is 0.0543 e. The minimum atomic E-state index is -0.101. The van der Waals surface area contributed by atoms with Crippen molar-refractivity contribution >= 4 is 23.5 Å². The van der Waals surface area contributed by atoms with E-state index in [4.69, 9.17) is 0 Å². The van der Waals surface area contributed by atoms with E-state index in [2.05, 4.69) is 220 Å². The summed E-state index contributed by atoms with van der Waals surface area (Å²) in [5.41, 5.74) is 21.9. The number of aryl methyl sites for hydroxylation is 4. The molecule has 7 rings (SSSR count). The number of anilines is 2. The lowest BCUT2D eigenvalue weighted by molar-refractivity contribution is 0.490. The second-order valence-electron chi connectivity index (χ2n) is 16.6. The largest absolute Gasteiger partial charge is 0.309 e. The maximum absolute atomic E-state index is 4.36. The summed E-state index contributed by atoms with van der Waals surface area (Å²) in [5, 5.41) is 0. The van der Waals surface area contributed by atoms with E-state index in [1.54, 1.807) is 0 Å². The number of allylic oxidation sites excluding steroid dienone is 7. The summed E-state index contributed by atoms with van der Waals surface area (Å²) in [6, 6.07) is 43.5. The Morgan fingerprint density at radius 3 is 1.80 bits per heavy atom. The monoisotopic (exact) mass is 870 g/mol. The van der Waals surface area contributed by atoms with Gasteiger partial charge in [-0.2, -0.15) is 0 Å². The molecule has 0 unspecified atom stereocenters. The molecule has 1 aliphatic rings. The molecule has 0 aliphatic heterocycles. The molecule has 0 heterocycles. The van der Waals surface area contributed by atoms with Gasteiger partial charge in [-0.1, -0.05) is 223 Å². The second-order valence-corrected chi connectivity index (χ2v) is 16.6. The summed E-state index contributed by atoms with van der Waals surface area (Å²) < 4.78 is 0. The number of hydrogen-bond donors (Lipinski definition) is 0. The van der Waals surface area contributed by atoms with Crippen molar-refractivity contribution in [1.29, 1.82) is 0 Å². The van der Waals surface area contributed by atoms with Crippen molar-refractivity contribution in [1.82, 2.24) is 0 Å². The van der Waals surface area contributed by atoms with Gasteiger partial charge in [-0.05, 0) is 141 Å². The molecule has 0 fully saturated rings. The molecule has 0 bridgehead atoms. The van der Waals surface area contributed by atoms with E-state index >= 15 is 0 Å². The van der Waals surface area contributed by atoms with Gasteiger partial charge in [0.2, 0.25) is 0 Å². The summed E-state index contributed by atoms with van der Waals surface area (Å²) in [6.07, 6.45) is 19.3. The standard InChI is InChI=1S/C42H43N.C13H12.C8H14.C2H6/c1-10-19-31(11-2)43(38-23-18-21-30(9)40(38)34-22-17-16-20-29(34)8)39-27-37-41(33(13-4)32(39)12-3)35-25-24-28(7)26-36(35)42(37,14-5)15-6;1-11-6-5-9-13(10-11)12-7-3-2-4-8-12;1-4-6-8(3)7-5-2;1-2/h10-13,16-27H,1-4,14-15H2,5-9H3;2-10H,1H3;4,6-7H,5H2,1-3H3;1-2H3/b31-19+;;6-4-,8-7-;. The summed E-state index contributed by atoms with van der Waals surface area (Å²) in [6.45, 7) is 40.7. The first-order valence-electron chi connectivity index (χ1n) is 23.9. The normalized spacial score (nSPS) is 12.2. The van der Waals surface area contributed by atoms with Crippen LogP contribution in [0.3, 0.4) is 0 Å². The van der Waals surface area contributed by atoms with Gasteiger partial charge in [-0.15, -0.1) is 0 Å². The Kier molecular flexibility index (Phi) is 19.8. The smallest absolute Gasteiger partial charge is 0.0543 e. The van der Waals surface area contributed by atoms with Crippen LogP contribution in [0.1, 0.15) is 112 Å². The van der Waals surface area contributed by atoms with Crippen LogP contribution in [0.25, 0.3) is 45.5 Å². The fraction of sp³-hybridized carbons (Fsp3) is 0.231. The molecule has 0 amide bonds. The quantitative estimate of drug-likeness (QED) is 0.105. The molecule has 0 N–H and O–H groups in total. The van der Waals surface area contributed by atoms with Crippen LogP contribution in [0.5, 0.6) is 0 Å². The summed E-state index contributed by atoms with van der Waals surface area (Å²) in [7, 11) is 0. The first-order valence-corrected chi connectivity index (χ1v) is 23.9. The highest BCUT2D eigenvalue weighted by molar-refractivity contribution is 5.98. The van der Waals surface area contributed by atoms with Crippen LogP contribution in [-0.4, -0.2) is 0 Å². The molecular weight excluding hydrogens is 795 g/mol. The molecule has 0 atom stereocenters. The predicted octanol–water partition coefficient (Wildman–Crippen LogP) is 19.7. The first-order chi connectivity index (χ1) is 32.0. The van der Waals surface area contributed by atoms with Crippen molar-refractivity contribution in [2.24, 2.45) is 0 Å². The predicted molar refractivity (Wildman–Crippen MR) is 297 cm³/mol. The Labute approximate surface area is 400 Å².